The largest absolute Gasteiger partial charge is 0.493 e. The number of pyridine rings is 1. The topological polar surface area (TPSA) is 43.4 Å². The molecule has 2 aromatic rings. The number of anilines is 1. The Morgan fingerprint density at radius 1 is 1.04 bits per heavy atom. The van der Waals surface area contributed by atoms with Crippen LogP contribution in [0.4, 0.5) is 5.82 Å². The Morgan fingerprint density at radius 2 is 1.96 bits per heavy atom. The van der Waals surface area contributed by atoms with Crippen LogP contribution in [0.15, 0.2) is 42.6 Å². The van der Waals surface area contributed by atoms with Gasteiger partial charge in [0.1, 0.15) is 5.82 Å². The Kier molecular flexibility index (Phi) is 7.24. The lowest BCUT2D eigenvalue weighted by atomic mass is 10.1. The number of para-hydroxylation sites is 1. The number of hydrogen-bond donors (Lipinski definition) is 1. The standard InChI is InChI=1S/C19H26N2O2/c1-3-4-5-8-14-23-19-16(10-9-11-17(19)22-2)15-21-18-12-6-7-13-20-18/h6-7,9-13H,3-5,8,14-15H2,1-2H3,(H,20,21). The molecule has 1 N–H and O–H groups in total. The van der Waals surface area contributed by atoms with E-state index >= 15 is 0 Å². The van der Waals surface area contributed by atoms with Crippen molar-refractivity contribution in [2.75, 3.05) is 19.0 Å². The van der Waals surface area contributed by atoms with Crippen molar-refractivity contribution in [3.8, 4) is 11.5 Å². The summed E-state index contributed by atoms with van der Waals surface area (Å²) in [6.45, 7) is 3.58. The number of nitrogens with one attached hydrogen (secondary N) is 1. The fraction of sp³-hybridized carbons (Fsp3) is 0.421. The maximum absolute atomic E-state index is 6.01. The van der Waals surface area contributed by atoms with Crippen molar-refractivity contribution in [3.63, 3.8) is 0 Å². The Bertz CT molecular complexity index is 573. The molecule has 1 aromatic carbocycles. The second-order valence-electron chi connectivity index (χ2n) is 5.43. The smallest absolute Gasteiger partial charge is 0.166 e. The molecule has 23 heavy (non-hydrogen) atoms. The average molecular weight is 314 g/mol. The van der Waals surface area contributed by atoms with E-state index in [0.29, 0.717) is 6.54 Å². The van der Waals surface area contributed by atoms with Crippen LogP contribution in [-0.4, -0.2) is 18.7 Å². The first-order valence-corrected chi connectivity index (χ1v) is 8.28. The third kappa shape index (κ3) is 5.47. The number of nitrogens with zero attached hydrogens (tertiary/aromatic N) is 1. The van der Waals surface area contributed by atoms with Gasteiger partial charge in [0.2, 0.25) is 0 Å². The summed E-state index contributed by atoms with van der Waals surface area (Å²) < 4.78 is 11.5. The first-order valence-electron chi connectivity index (χ1n) is 8.28. The van der Waals surface area contributed by atoms with Crippen LogP contribution in [0.25, 0.3) is 0 Å². The van der Waals surface area contributed by atoms with Crippen LogP contribution in [0.1, 0.15) is 38.2 Å². The molecule has 0 amide bonds. The van der Waals surface area contributed by atoms with Gasteiger partial charge in [-0.2, -0.15) is 0 Å². The molecular weight excluding hydrogens is 288 g/mol. The van der Waals surface area contributed by atoms with Gasteiger partial charge in [-0.15, -0.1) is 0 Å². The minimum Gasteiger partial charge on any atom is -0.493 e. The predicted molar refractivity (Wildman–Crippen MR) is 94.2 cm³/mol. The number of aromatic nitrogens is 1. The summed E-state index contributed by atoms with van der Waals surface area (Å²) in [6, 6.07) is 11.8. The maximum Gasteiger partial charge on any atom is 0.166 e. The van der Waals surface area contributed by atoms with E-state index in [1.165, 1.54) is 19.3 Å². The zero-order valence-electron chi connectivity index (χ0n) is 14.0. The van der Waals surface area contributed by atoms with Gasteiger partial charge in [-0.1, -0.05) is 44.4 Å². The summed E-state index contributed by atoms with van der Waals surface area (Å²) in [4.78, 5) is 4.28. The summed E-state index contributed by atoms with van der Waals surface area (Å²) in [5, 5.41) is 3.32. The van der Waals surface area contributed by atoms with Crippen LogP contribution >= 0.6 is 0 Å². The van der Waals surface area contributed by atoms with E-state index in [2.05, 4.69) is 23.3 Å². The molecule has 0 fully saturated rings. The van der Waals surface area contributed by atoms with Gasteiger partial charge in [0, 0.05) is 18.3 Å². The number of hydrogen-bond acceptors (Lipinski definition) is 4. The first kappa shape index (κ1) is 17.1. The van der Waals surface area contributed by atoms with Crippen LogP contribution in [-0.2, 0) is 6.54 Å². The second-order valence-corrected chi connectivity index (χ2v) is 5.43. The first-order chi connectivity index (χ1) is 11.3. The van der Waals surface area contributed by atoms with Gasteiger partial charge in [0.15, 0.2) is 11.5 Å². The lowest BCUT2D eigenvalue weighted by Gasteiger charge is -2.15. The highest BCUT2D eigenvalue weighted by molar-refractivity contribution is 5.48. The van der Waals surface area contributed by atoms with Crippen LogP contribution in [0.3, 0.4) is 0 Å². The van der Waals surface area contributed by atoms with Crippen molar-refractivity contribution in [2.45, 2.75) is 39.2 Å². The minimum atomic E-state index is 0.651. The molecule has 0 spiro atoms. The lowest BCUT2D eigenvalue weighted by molar-refractivity contribution is 0.282. The van der Waals surface area contributed by atoms with E-state index in [4.69, 9.17) is 9.47 Å². The van der Waals surface area contributed by atoms with E-state index < -0.39 is 0 Å². The Labute approximate surface area is 138 Å². The molecule has 0 saturated carbocycles. The molecule has 2 rings (SSSR count). The Hall–Kier alpha value is -2.23. The van der Waals surface area contributed by atoms with Crippen LogP contribution in [0, 0.1) is 0 Å². The van der Waals surface area contributed by atoms with Gasteiger partial charge >= 0.3 is 0 Å². The quantitative estimate of drug-likeness (QED) is 0.648. The van der Waals surface area contributed by atoms with Gasteiger partial charge in [-0.25, -0.2) is 4.98 Å². The molecule has 0 aliphatic heterocycles. The highest BCUT2D eigenvalue weighted by Gasteiger charge is 2.10. The van der Waals surface area contributed by atoms with Crippen molar-refractivity contribution >= 4 is 5.82 Å². The van der Waals surface area contributed by atoms with Gasteiger partial charge in [0.25, 0.3) is 0 Å². The molecule has 4 nitrogen and oxygen atoms in total. The van der Waals surface area contributed by atoms with Crippen LogP contribution < -0.4 is 14.8 Å². The molecule has 0 unspecified atom stereocenters. The zero-order valence-corrected chi connectivity index (χ0v) is 14.0. The molecular formula is C19H26N2O2. The molecule has 124 valence electrons. The van der Waals surface area contributed by atoms with E-state index in [0.717, 1.165) is 35.9 Å². The second kappa shape index (κ2) is 9.72. The number of methoxy groups -OCH3 is 1. The molecule has 0 atom stereocenters. The SMILES string of the molecule is CCCCCCOc1c(CNc2ccccn2)cccc1OC. The van der Waals surface area contributed by atoms with Crippen molar-refractivity contribution in [1.29, 1.82) is 0 Å². The number of unbranched alkanes of at least 4 members (excludes halogenated alkanes) is 3. The molecule has 1 aromatic heterocycles. The monoisotopic (exact) mass is 314 g/mol. The summed E-state index contributed by atoms with van der Waals surface area (Å²) in [5.74, 6) is 2.46. The Morgan fingerprint density at radius 3 is 2.70 bits per heavy atom. The van der Waals surface area contributed by atoms with Crippen LogP contribution in [0.5, 0.6) is 11.5 Å². The van der Waals surface area contributed by atoms with Crippen LogP contribution in [0.2, 0.25) is 0 Å². The van der Waals surface area contributed by atoms with Crippen molar-refractivity contribution in [1.82, 2.24) is 4.98 Å². The summed E-state index contributed by atoms with van der Waals surface area (Å²) in [7, 11) is 1.68. The predicted octanol–water partition coefficient (Wildman–Crippen LogP) is 4.66. The molecule has 0 radical (unpaired) electrons. The van der Waals surface area contributed by atoms with Crippen molar-refractivity contribution in [2.24, 2.45) is 0 Å². The fourth-order valence-electron chi connectivity index (χ4n) is 2.38. The maximum atomic E-state index is 6.01. The highest BCUT2D eigenvalue weighted by Crippen LogP contribution is 2.31. The van der Waals surface area contributed by atoms with Gasteiger partial charge < -0.3 is 14.8 Å². The normalized spacial score (nSPS) is 10.3. The zero-order chi connectivity index (χ0) is 16.3. The molecule has 0 aliphatic carbocycles. The molecule has 1 heterocycles. The fourth-order valence-corrected chi connectivity index (χ4v) is 2.38. The Balaban J connectivity index is 1.99. The number of rotatable bonds is 10. The molecule has 4 heteroatoms. The molecule has 0 saturated heterocycles. The third-order valence-corrected chi connectivity index (χ3v) is 3.65. The highest BCUT2D eigenvalue weighted by atomic mass is 16.5. The van der Waals surface area contributed by atoms with Crippen molar-refractivity contribution in [3.05, 3.63) is 48.2 Å². The molecule has 0 bridgehead atoms. The molecule has 0 aliphatic rings. The summed E-state index contributed by atoms with van der Waals surface area (Å²) in [6.07, 6.45) is 6.53. The van der Waals surface area contributed by atoms with E-state index in [-0.39, 0.29) is 0 Å². The van der Waals surface area contributed by atoms with Crippen molar-refractivity contribution < 1.29 is 9.47 Å². The number of benzene rings is 1. The lowest BCUT2D eigenvalue weighted by Crippen LogP contribution is -2.06. The summed E-state index contributed by atoms with van der Waals surface area (Å²) in [5.41, 5.74) is 1.07. The van der Waals surface area contributed by atoms with Gasteiger partial charge in [-0.05, 0) is 24.6 Å². The van der Waals surface area contributed by atoms with E-state index in [1.807, 2.05) is 30.3 Å². The van der Waals surface area contributed by atoms with E-state index in [9.17, 15) is 0 Å². The average Bonchev–Trinajstić information content (AvgIpc) is 2.61. The minimum absolute atomic E-state index is 0.651. The van der Waals surface area contributed by atoms with Gasteiger partial charge in [0.05, 0.1) is 13.7 Å². The number of ether oxygens (including phenoxy) is 2. The summed E-state index contributed by atoms with van der Waals surface area (Å²) >= 11 is 0. The third-order valence-electron chi connectivity index (χ3n) is 3.65. The van der Waals surface area contributed by atoms with E-state index in [1.54, 1.807) is 13.3 Å². The van der Waals surface area contributed by atoms with Gasteiger partial charge in [-0.3, -0.25) is 0 Å².